The lowest BCUT2D eigenvalue weighted by Gasteiger charge is -2.21. The molecule has 0 saturated heterocycles. The number of ether oxygens (including phenoxy) is 2. The average molecular weight is 427 g/mol. The minimum Gasteiger partial charge on any atom is -0.384 e. The number of aromatic amines is 1. The van der Waals surface area contributed by atoms with Crippen LogP contribution in [0.25, 0.3) is 0 Å². The van der Waals surface area contributed by atoms with Crippen LogP contribution in [-0.2, 0) is 30.2 Å². The number of aromatic nitrogens is 2. The number of hydrogen-bond donors (Lipinski definition) is 1. The highest BCUT2D eigenvalue weighted by atomic mass is 31.1. The van der Waals surface area contributed by atoms with Crippen LogP contribution in [0.5, 0.6) is 0 Å². The average Bonchev–Trinajstić information content (AvgIpc) is 2.57. The fourth-order valence-electron chi connectivity index (χ4n) is 1.72. The number of H-pyrrole nitrogens is 1. The van der Waals surface area contributed by atoms with Gasteiger partial charge in [0.1, 0.15) is 0 Å². The maximum atomic E-state index is 12.6. The highest BCUT2D eigenvalue weighted by Crippen LogP contribution is 2.34. The third kappa shape index (κ3) is 8.15. The standard InChI is InChI=1S/C19H27N2O7P/c1-18(2,3)14(23)27-17(28-15(24)19(4,5)6)29(26)12-8-7-10-21-11-9-13(22)20-16(21)25/h7-9,11,17H,10,12H2,1-6H3/p+1. The Bertz CT molecular complexity index is 873. The Balaban J connectivity index is 2.84. The number of nitrogens with zero attached hydrogens (tertiary/aromatic N) is 1. The topological polar surface area (TPSA) is 125 Å². The zero-order chi connectivity index (χ0) is 22.4. The second-order valence-electron chi connectivity index (χ2n) is 8.45. The Morgan fingerprint density at radius 2 is 1.59 bits per heavy atom. The van der Waals surface area contributed by atoms with Crippen molar-refractivity contribution < 1.29 is 23.6 Å². The zero-order valence-electron chi connectivity index (χ0n) is 17.6. The van der Waals surface area contributed by atoms with Gasteiger partial charge in [-0.2, -0.15) is 0 Å². The van der Waals surface area contributed by atoms with Gasteiger partial charge in [-0.05, 0) is 47.6 Å². The molecule has 1 unspecified atom stereocenters. The first-order valence-corrected chi connectivity index (χ1v) is 10.5. The molecule has 10 heteroatoms. The summed E-state index contributed by atoms with van der Waals surface area (Å²) in [4.78, 5) is 49.1. The molecule has 0 spiro atoms. The number of allylic oxidation sites excluding steroid dienone is 2. The van der Waals surface area contributed by atoms with E-state index >= 15 is 0 Å². The first-order valence-electron chi connectivity index (χ1n) is 9.02. The fraction of sp³-hybridized carbons (Fsp3) is 0.579. The van der Waals surface area contributed by atoms with Crippen LogP contribution in [0.4, 0.5) is 0 Å². The van der Waals surface area contributed by atoms with Crippen molar-refractivity contribution in [3.63, 3.8) is 0 Å². The second-order valence-corrected chi connectivity index (χ2v) is 10.1. The minimum atomic E-state index is -2.26. The molecule has 1 N–H and O–H groups in total. The Morgan fingerprint density at radius 1 is 1.07 bits per heavy atom. The van der Waals surface area contributed by atoms with Crippen molar-refractivity contribution in [2.45, 2.75) is 54.1 Å². The summed E-state index contributed by atoms with van der Waals surface area (Å²) in [6.07, 6.45) is 4.40. The van der Waals surface area contributed by atoms with E-state index in [-0.39, 0.29) is 12.7 Å². The molecule has 1 aromatic heterocycles. The molecule has 0 bridgehead atoms. The van der Waals surface area contributed by atoms with E-state index in [4.69, 9.17) is 9.47 Å². The molecule has 1 heterocycles. The lowest BCUT2D eigenvalue weighted by molar-refractivity contribution is -0.184. The molecule has 1 rings (SSSR count). The van der Waals surface area contributed by atoms with Crippen LogP contribution in [0.2, 0.25) is 0 Å². The number of hydrogen-bond acceptors (Lipinski definition) is 7. The summed E-state index contributed by atoms with van der Waals surface area (Å²) in [5.74, 6) is -1.28. The van der Waals surface area contributed by atoms with E-state index in [1.54, 1.807) is 47.6 Å². The van der Waals surface area contributed by atoms with Crippen LogP contribution in [0.3, 0.4) is 0 Å². The van der Waals surface area contributed by atoms with E-state index in [1.807, 2.05) is 0 Å². The van der Waals surface area contributed by atoms with Crippen molar-refractivity contribution in [2.75, 3.05) is 6.16 Å². The number of carbonyl (C=O) groups is 2. The highest BCUT2D eigenvalue weighted by Gasteiger charge is 2.41. The molecular weight excluding hydrogens is 399 g/mol. The van der Waals surface area contributed by atoms with Gasteiger partial charge in [-0.1, -0.05) is 10.6 Å². The molecule has 160 valence electrons. The molecule has 29 heavy (non-hydrogen) atoms. The van der Waals surface area contributed by atoms with Gasteiger partial charge in [-0.15, -0.1) is 0 Å². The minimum absolute atomic E-state index is 0.0348. The molecule has 9 nitrogen and oxygen atoms in total. The fourth-order valence-corrected chi connectivity index (χ4v) is 2.67. The molecule has 0 radical (unpaired) electrons. The van der Waals surface area contributed by atoms with Crippen LogP contribution in [0.1, 0.15) is 41.5 Å². The summed E-state index contributed by atoms with van der Waals surface area (Å²) in [6.45, 7) is 9.94. The van der Waals surface area contributed by atoms with E-state index in [1.165, 1.54) is 22.9 Å². The zero-order valence-corrected chi connectivity index (χ0v) is 18.4. The maximum Gasteiger partial charge on any atom is 0.451 e. The first kappa shape index (κ1) is 24.5. The predicted molar refractivity (Wildman–Crippen MR) is 108 cm³/mol. The lowest BCUT2D eigenvalue weighted by atomic mass is 9.97. The Hall–Kier alpha value is -2.54. The monoisotopic (exact) mass is 427 g/mol. The van der Waals surface area contributed by atoms with Gasteiger partial charge in [0.2, 0.25) is 0 Å². The SMILES string of the molecule is CC(C)(C)C(=O)OC(OC(=O)C(C)(C)C)[P+](=O)CC=CCn1ccc(=O)[nH]c1=O. The van der Waals surface area contributed by atoms with Crippen LogP contribution < -0.4 is 11.2 Å². The quantitative estimate of drug-likeness (QED) is 0.307. The summed E-state index contributed by atoms with van der Waals surface area (Å²) < 4.78 is 24.3. The number of rotatable bonds is 7. The number of esters is 2. The molecule has 1 aromatic rings. The van der Waals surface area contributed by atoms with Gasteiger partial charge in [0, 0.05) is 18.8 Å². The number of nitrogens with one attached hydrogen (secondary N) is 1. The molecular formula is C19H28N2O7P+. The van der Waals surface area contributed by atoms with E-state index in [9.17, 15) is 23.7 Å². The van der Waals surface area contributed by atoms with Gasteiger partial charge in [-0.25, -0.2) is 4.79 Å². The van der Waals surface area contributed by atoms with Crippen molar-refractivity contribution in [3.8, 4) is 0 Å². The third-order valence-electron chi connectivity index (χ3n) is 3.53. The predicted octanol–water partition coefficient (Wildman–Crippen LogP) is 2.38. The largest absolute Gasteiger partial charge is 0.451 e. The van der Waals surface area contributed by atoms with E-state index < -0.39 is 47.8 Å². The van der Waals surface area contributed by atoms with Crippen LogP contribution in [-0.4, -0.2) is 33.7 Å². The van der Waals surface area contributed by atoms with E-state index in [2.05, 4.69) is 4.98 Å². The molecule has 1 atom stereocenters. The summed E-state index contributed by atoms with van der Waals surface area (Å²) in [5, 5.41) is 0. The number of carbonyl (C=O) groups excluding carboxylic acids is 2. The normalized spacial score (nSPS) is 12.9. The first-order chi connectivity index (χ1) is 13.2. The maximum absolute atomic E-state index is 12.6. The smallest absolute Gasteiger partial charge is 0.384 e. The summed E-state index contributed by atoms with van der Waals surface area (Å²) in [7, 11) is -2.26. The van der Waals surface area contributed by atoms with Gasteiger partial charge in [0.05, 0.1) is 10.8 Å². The molecule has 0 aliphatic rings. The van der Waals surface area contributed by atoms with Gasteiger partial charge < -0.3 is 9.47 Å². The van der Waals surface area contributed by atoms with Crippen molar-refractivity contribution in [1.29, 1.82) is 0 Å². The Labute approximate surface area is 169 Å². The molecule has 0 fully saturated rings. The van der Waals surface area contributed by atoms with Crippen molar-refractivity contribution in [3.05, 3.63) is 45.3 Å². The van der Waals surface area contributed by atoms with Crippen molar-refractivity contribution in [2.24, 2.45) is 10.8 Å². The van der Waals surface area contributed by atoms with Crippen LogP contribution >= 0.6 is 7.80 Å². The summed E-state index contributed by atoms with van der Waals surface area (Å²) in [5.41, 5.74) is -2.78. The molecule has 0 amide bonds. The summed E-state index contributed by atoms with van der Waals surface area (Å²) in [6, 6.07) is -0.298. The lowest BCUT2D eigenvalue weighted by Crippen LogP contribution is -2.33. The van der Waals surface area contributed by atoms with Gasteiger partial charge in [0.25, 0.3) is 5.56 Å². The molecule has 0 aromatic carbocycles. The molecule has 0 saturated carbocycles. The van der Waals surface area contributed by atoms with Crippen molar-refractivity contribution in [1.82, 2.24) is 9.55 Å². The van der Waals surface area contributed by atoms with E-state index in [0.717, 1.165) is 0 Å². The van der Waals surface area contributed by atoms with Crippen LogP contribution in [0.15, 0.2) is 34.0 Å². The highest BCUT2D eigenvalue weighted by molar-refractivity contribution is 7.45. The second kappa shape index (κ2) is 9.78. The van der Waals surface area contributed by atoms with Crippen LogP contribution in [0, 0.1) is 10.8 Å². The van der Waals surface area contributed by atoms with Gasteiger partial charge in [-0.3, -0.25) is 23.9 Å². The molecule has 0 aliphatic carbocycles. The van der Waals surface area contributed by atoms with Gasteiger partial charge in [0.15, 0.2) is 6.16 Å². The molecule has 0 aliphatic heterocycles. The third-order valence-corrected chi connectivity index (χ3v) is 4.78. The van der Waals surface area contributed by atoms with Gasteiger partial charge >= 0.3 is 31.5 Å². The summed E-state index contributed by atoms with van der Waals surface area (Å²) >= 11 is 0. The van der Waals surface area contributed by atoms with E-state index in [0.29, 0.717) is 0 Å². The van der Waals surface area contributed by atoms with Crippen molar-refractivity contribution >= 4 is 19.7 Å². The Morgan fingerprint density at radius 3 is 2.03 bits per heavy atom. The Kier molecular flexibility index (Phi) is 8.26.